The van der Waals surface area contributed by atoms with Gasteiger partial charge in [0.25, 0.3) is 0 Å². The molecule has 1 aliphatic rings. The van der Waals surface area contributed by atoms with Crippen molar-refractivity contribution in [2.45, 2.75) is 44.9 Å². The maximum atomic E-state index is 15.4. The van der Waals surface area contributed by atoms with Crippen LogP contribution in [0.5, 0.6) is 5.75 Å². The predicted molar refractivity (Wildman–Crippen MR) is 118 cm³/mol. The summed E-state index contributed by atoms with van der Waals surface area (Å²) in [6, 6.07) is 3.64. The lowest BCUT2D eigenvalue weighted by atomic mass is 9.82. The van der Waals surface area contributed by atoms with E-state index in [9.17, 15) is 19.1 Å². The minimum Gasteiger partial charge on any atom is -0.507 e. The Hall–Kier alpha value is -3.13. The van der Waals surface area contributed by atoms with Crippen molar-refractivity contribution in [2.75, 3.05) is 13.7 Å². The summed E-state index contributed by atoms with van der Waals surface area (Å²) in [5.41, 5.74) is -0.828. The molecule has 1 aliphatic heterocycles. The van der Waals surface area contributed by atoms with Gasteiger partial charge in [0.2, 0.25) is 0 Å². The van der Waals surface area contributed by atoms with Crippen molar-refractivity contribution in [3.05, 3.63) is 69.8 Å². The van der Waals surface area contributed by atoms with Gasteiger partial charge in [-0.15, -0.1) is 0 Å². The molecule has 0 radical (unpaired) electrons. The van der Waals surface area contributed by atoms with E-state index in [0.29, 0.717) is 23.8 Å². The third kappa shape index (κ3) is 5.27. The van der Waals surface area contributed by atoms with Crippen molar-refractivity contribution in [2.24, 2.45) is 0 Å². The van der Waals surface area contributed by atoms with Gasteiger partial charge in [-0.05, 0) is 74.2 Å². The SMILES string of the molecule is COC(=O)/C=C/c1cc(F)c([C@@H]2c3cc(C=O)c(O)cc3C[C@@H](C)N2CC(C)(C)F)c(F)c1. The average Bonchev–Trinajstić information content (AvgIpc) is 2.72. The van der Waals surface area contributed by atoms with Gasteiger partial charge in [0.1, 0.15) is 23.1 Å². The molecule has 0 aliphatic carbocycles. The number of benzene rings is 2. The summed E-state index contributed by atoms with van der Waals surface area (Å²) in [5.74, 6) is -2.66. The fraction of sp³-hybridized carbons (Fsp3) is 0.360. The third-order valence-electron chi connectivity index (χ3n) is 5.67. The molecule has 0 saturated heterocycles. The number of carbonyl (C=O) groups is 2. The number of aldehydes is 1. The number of hydrogen-bond acceptors (Lipinski definition) is 5. The number of fused-ring (bicyclic) bond motifs is 1. The summed E-state index contributed by atoms with van der Waals surface area (Å²) in [7, 11) is 1.19. The molecule has 2 aromatic rings. The van der Waals surface area contributed by atoms with Crippen molar-refractivity contribution in [1.82, 2.24) is 4.90 Å². The van der Waals surface area contributed by atoms with Crippen LogP contribution < -0.4 is 0 Å². The van der Waals surface area contributed by atoms with Gasteiger partial charge in [-0.2, -0.15) is 0 Å². The van der Waals surface area contributed by atoms with Crippen LogP contribution in [0.4, 0.5) is 13.2 Å². The Morgan fingerprint density at radius 1 is 1.24 bits per heavy atom. The fourth-order valence-electron chi connectivity index (χ4n) is 4.26. The zero-order valence-corrected chi connectivity index (χ0v) is 18.9. The van der Waals surface area contributed by atoms with Gasteiger partial charge in [0.05, 0.1) is 18.7 Å². The predicted octanol–water partition coefficient (Wildman–Crippen LogP) is 4.75. The number of aromatic hydroxyl groups is 1. The molecule has 1 N–H and O–H groups in total. The molecular weight excluding hydrogens is 435 g/mol. The number of methoxy groups -OCH3 is 1. The first-order valence-electron chi connectivity index (χ1n) is 10.5. The summed E-state index contributed by atoms with van der Waals surface area (Å²) in [4.78, 5) is 24.4. The molecule has 0 fully saturated rings. The Kier molecular flexibility index (Phi) is 6.97. The minimum absolute atomic E-state index is 0.0220. The fourth-order valence-corrected chi connectivity index (χ4v) is 4.26. The van der Waals surface area contributed by atoms with Crippen LogP contribution in [0.2, 0.25) is 0 Å². The van der Waals surface area contributed by atoms with Crippen molar-refractivity contribution < 1.29 is 32.6 Å². The van der Waals surface area contributed by atoms with Crippen molar-refractivity contribution in [3.63, 3.8) is 0 Å². The van der Waals surface area contributed by atoms with E-state index in [1.54, 1.807) is 4.90 Å². The van der Waals surface area contributed by atoms with Gasteiger partial charge in [-0.1, -0.05) is 0 Å². The molecule has 0 saturated carbocycles. The maximum Gasteiger partial charge on any atom is 0.330 e. The maximum absolute atomic E-state index is 15.4. The third-order valence-corrected chi connectivity index (χ3v) is 5.67. The largest absolute Gasteiger partial charge is 0.507 e. The highest BCUT2D eigenvalue weighted by atomic mass is 19.1. The van der Waals surface area contributed by atoms with E-state index >= 15 is 8.78 Å². The number of esters is 1. The van der Waals surface area contributed by atoms with Crippen molar-refractivity contribution >= 4 is 18.3 Å². The molecule has 2 aromatic carbocycles. The zero-order valence-electron chi connectivity index (χ0n) is 18.9. The van der Waals surface area contributed by atoms with E-state index in [0.717, 1.165) is 18.2 Å². The lowest BCUT2D eigenvalue weighted by molar-refractivity contribution is -0.134. The van der Waals surface area contributed by atoms with Crippen LogP contribution in [0, 0.1) is 11.6 Å². The van der Waals surface area contributed by atoms with Gasteiger partial charge in [0, 0.05) is 24.2 Å². The van der Waals surface area contributed by atoms with Gasteiger partial charge in [0.15, 0.2) is 6.29 Å². The van der Waals surface area contributed by atoms with E-state index in [4.69, 9.17) is 0 Å². The topological polar surface area (TPSA) is 66.8 Å². The second kappa shape index (κ2) is 9.39. The van der Waals surface area contributed by atoms with Crippen LogP contribution in [0.1, 0.15) is 59.4 Å². The molecule has 8 heteroatoms. The quantitative estimate of drug-likeness (QED) is 0.382. The second-order valence-corrected chi connectivity index (χ2v) is 8.83. The standard InChI is InChI=1S/C25H26F3NO4/c1-14-7-16-11-21(31)17(12-30)10-18(16)24(29(14)13-25(2,3)28)23-19(26)8-15(9-20(23)27)5-6-22(32)33-4/h5-6,8-12,14,24,31H,7,13H2,1-4H3/b6-5+/t14-,24+/m1/s1. The number of rotatable bonds is 6. The smallest absolute Gasteiger partial charge is 0.330 e. The lowest BCUT2D eigenvalue weighted by Gasteiger charge is -2.44. The Morgan fingerprint density at radius 2 is 1.88 bits per heavy atom. The van der Waals surface area contributed by atoms with Crippen LogP contribution in [0.3, 0.4) is 0 Å². The molecule has 0 spiro atoms. The Bertz CT molecular complexity index is 1080. The highest BCUT2D eigenvalue weighted by molar-refractivity contribution is 5.87. The molecule has 1 heterocycles. The number of ether oxygens (including phenoxy) is 1. The van der Waals surface area contributed by atoms with Crippen LogP contribution in [-0.2, 0) is 16.0 Å². The Labute approximate surface area is 190 Å². The van der Waals surface area contributed by atoms with E-state index < -0.39 is 29.3 Å². The summed E-state index contributed by atoms with van der Waals surface area (Å²) in [5, 5.41) is 10.1. The van der Waals surface area contributed by atoms with Gasteiger partial charge >= 0.3 is 5.97 Å². The normalized spacial score (nSPS) is 18.9. The molecule has 5 nitrogen and oxygen atoms in total. The Morgan fingerprint density at radius 3 is 2.42 bits per heavy atom. The summed E-state index contributed by atoms with van der Waals surface area (Å²) < 4.78 is 49.9. The number of phenols is 1. The monoisotopic (exact) mass is 461 g/mol. The highest BCUT2D eigenvalue weighted by Gasteiger charge is 2.39. The van der Waals surface area contributed by atoms with Gasteiger partial charge < -0.3 is 9.84 Å². The molecule has 0 bridgehead atoms. The van der Waals surface area contributed by atoms with Gasteiger partial charge in [-0.25, -0.2) is 18.0 Å². The molecule has 0 amide bonds. The van der Waals surface area contributed by atoms with E-state index in [1.807, 2.05) is 6.92 Å². The van der Waals surface area contributed by atoms with Crippen molar-refractivity contribution in [1.29, 1.82) is 0 Å². The first kappa shape index (κ1) is 24.5. The second-order valence-electron chi connectivity index (χ2n) is 8.83. The highest BCUT2D eigenvalue weighted by Crippen LogP contribution is 2.43. The lowest BCUT2D eigenvalue weighted by Crippen LogP contribution is -2.48. The summed E-state index contributed by atoms with van der Waals surface area (Å²) >= 11 is 0. The average molecular weight is 461 g/mol. The number of nitrogens with zero attached hydrogens (tertiary/aromatic N) is 1. The first-order valence-corrected chi connectivity index (χ1v) is 10.5. The number of carbonyl (C=O) groups excluding carboxylic acids is 2. The number of halogens is 3. The number of alkyl halides is 1. The van der Waals surface area contributed by atoms with Crippen LogP contribution >= 0.6 is 0 Å². The van der Waals surface area contributed by atoms with E-state index in [1.165, 1.54) is 39.2 Å². The van der Waals surface area contributed by atoms with Crippen LogP contribution in [0.15, 0.2) is 30.3 Å². The van der Waals surface area contributed by atoms with Crippen molar-refractivity contribution in [3.8, 4) is 5.75 Å². The molecular formula is C25H26F3NO4. The molecule has 176 valence electrons. The minimum atomic E-state index is -1.66. The van der Waals surface area contributed by atoms with Crippen LogP contribution in [-0.4, -0.2) is 47.6 Å². The van der Waals surface area contributed by atoms with Crippen LogP contribution in [0.25, 0.3) is 6.08 Å². The molecule has 2 atom stereocenters. The molecule has 3 rings (SSSR count). The number of hydrogen-bond donors (Lipinski definition) is 1. The first-order chi connectivity index (χ1) is 15.4. The summed E-state index contributed by atoms with van der Waals surface area (Å²) in [6.07, 6.45) is 3.13. The molecule has 0 unspecified atom stereocenters. The molecule has 0 aromatic heterocycles. The number of phenolic OH excluding ortho intramolecular Hbond substituents is 1. The Balaban J connectivity index is 2.21. The van der Waals surface area contributed by atoms with Gasteiger partial charge in [-0.3, -0.25) is 9.69 Å². The van der Waals surface area contributed by atoms with E-state index in [-0.39, 0.29) is 35.0 Å². The van der Waals surface area contributed by atoms with E-state index in [2.05, 4.69) is 4.74 Å². The zero-order chi connectivity index (χ0) is 24.5. The molecule has 33 heavy (non-hydrogen) atoms. The summed E-state index contributed by atoms with van der Waals surface area (Å²) in [6.45, 7) is 4.47.